The lowest BCUT2D eigenvalue weighted by Crippen LogP contribution is -2.77. The lowest BCUT2D eigenvalue weighted by molar-refractivity contribution is -0.310. The third kappa shape index (κ3) is 1.54. The van der Waals surface area contributed by atoms with Crippen LogP contribution in [0.3, 0.4) is 0 Å². The minimum atomic E-state index is -1.21. The van der Waals surface area contributed by atoms with E-state index in [1.165, 1.54) is 5.56 Å². The first-order valence-corrected chi connectivity index (χ1v) is 10.2. The van der Waals surface area contributed by atoms with Crippen molar-refractivity contribution in [2.24, 2.45) is 11.3 Å². The summed E-state index contributed by atoms with van der Waals surface area (Å²) in [6, 6.07) is 4.05. The number of Topliss-reactive ketones (excluding diaryl/α,β-unsaturated/α-hetero) is 1. The Kier molecular flexibility index (Phi) is 2.98. The van der Waals surface area contributed by atoms with Gasteiger partial charge in [0, 0.05) is 23.2 Å². The summed E-state index contributed by atoms with van der Waals surface area (Å²) in [5, 5.41) is 22.8. The fraction of sp³-hybridized carbons (Fsp3) is 0.650. The molecule has 5 nitrogen and oxygen atoms in total. The molecule has 0 radical (unpaired) electrons. The standard InChI is InChI=1S/C20H21BrO5/c1-8-4-9-5-10(21)6-11-15(9)14(8)17-20(16(11)23)12(22)7-13(26-17)19(24)2-3-25-18(19)20/h5-6,8,13-14,16-18,23-24H,2-4,7H2,1H3/t8-,13?,14+,16+,17?,18+,19-,20?/m1/s1. The Labute approximate surface area is 159 Å². The molecule has 1 aromatic rings. The van der Waals surface area contributed by atoms with E-state index in [-0.39, 0.29) is 18.1 Å². The second-order valence-corrected chi connectivity index (χ2v) is 9.69. The Morgan fingerprint density at radius 3 is 2.92 bits per heavy atom. The van der Waals surface area contributed by atoms with Crippen molar-refractivity contribution in [1.82, 2.24) is 0 Å². The Morgan fingerprint density at radius 2 is 2.12 bits per heavy atom. The van der Waals surface area contributed by atoms with Crippen LogP contribution >= 0.6 is 15.9 Å². The van der Waals surface area contributed by atoms with Crippen LogP contribution in [0.4, 0.5) is 0 Å². The molecule has 4 fully saturated rings. The zero-order valence-electron chi connectivity index (χ0n) is 14.4. The first-order valence-electron chi connectivity index (χ1n) is 9.42. The number of rotatable bonds is 0. The molecule has 2 bridgehead atoms. The molecule has 3 unspecified atom stereocenters. The largest absolute Gasteiger partial charge is 0.387 e. The smallest absolute Gasteiger partial charge is 0.150 e. The van der Waals surface area contributed by atoms with Crippen molar-refractivity contribution in [3.8, 4) is 0 Å². The SMILES string of the molecule is C[C@@H]1Cc2cc(Br)cc3c2[C@H]1C1OC2CC(=O)C1([C@H]1OCC[C@@]21O)[C@H]3O. The quantitative estimate of drug-likeness (QED) is 0.671. The molecule has 8 atom stereocenters. The number of ether oxygens (including phenoxy) is 2. The number of halogens is 1. The predicted octanol–water partition coefficient (Wildman–Crippen LogP) is 2.02. The average molecular weight is 421 g/mol. The first kappa shape index (κ1) is 16.2. The van der Waals surface area contributed by atoms with Gasteiger partial charge >= 0.3 is 0 Å². The molecule has 0 aromatic heterocycles. The topological polar surface area (TPSA) is 76.0 Å². The summed E-state index contributed by atoms with van der Waals surface area (Å²) < 4.78 is 13.3. The van der Waals surface area contributed by atoms with Gasteiger partial charge in [-0.2, -0.15) is 0 Å². The molecule has 1 saturated carbocycles. The van der Waals surface area contributed by atoms with Gasteiger partial charge in [-0.1, -0.05) is 22.9 Å². The lowest BCUT2D eigenvalue weighted by Gasteiger charge is -2.64. The minimum Gasteiger partial charge on any atom is -0.387 e. The molecular formula is C20H21BrO5. The number of fused-ring (bicyclic) bond motifs is 1. The lowest BCUT2D eigenvalue weighted by atomic mass is 9.49. The average Bonchev–Trinajstić information content (AvgIpc) is 3.14. The number of aliphatic hydroxyl groups is 2. The van der Waals surface area contributed by atoms with Gasteiger partial charge in [0.25, 0.3) is 0 Å². The summed E-state index contributed by atoms with van der Waals surface area (Å²) in [5.74, 6) is 0.347. The van der Waals surface area contributed by atoms with Crippen LogP contribution in [0.25, 0.3) is 0 Å². The van der Waals surface area contributed by atoms with Crippen molar-refractivity contribution in [3.63, 3.8) is 0 Å². The predicted molar refractivity (Wildman–Crippen MR) is 94.7 cm³/mol. The van der Waals surface area contributed by atoms with Gasteiger partial charge in [-0.05, 0) is 41.2 Å². The second kappa shape index (κ2) is 4.78. The second-order valence-electron chi connectivity index (χ2n) is 8.78. The molecule has 7 rings (SSSR count). The third-order valence-corrected chi connectivity index (χ3v) is 8.15. The van der Waals surface area contributed by atoms with Crippen LogP contribution in [-0.4, -0.2) is 46.5 Å². The highest BCUT2D eigenvalue weighted by Gasteiger charge is 2.77. The van der Waals surface area contributed by atoms with E-state index in [2.05, 4.69) is 28.9 Å². The van der Waals surface area contributed by atoms with E-state index in [1.807, 2.05) is 6.07 Å². The number of hydrogen-bond acceptors (Lipinski definition) is 5. The van der Waals surface area contributed by atoms with E-state index in [0.29, 0.717) is 18.9 Å². The van der Waals surface area contributed by atoms with E-state index in [4.69, 9.17) is 9.47 Å². The summed E-state index contributed by atoms with van der Waals surface area (Å²) in [4.78, 5) is 13.3. The van der Waals surface area contributed by atoms with E-state index < -0.39 is 35.4 Å². The molecule has 6 heteroatoms. The van der Waals surface area contributed by atoms with Gasteiger partial charge in [0.05, 0.1) is 24.9 Å². The zero-order chi connectivity index (χ0) is 18.0. The molecule has 1 aromatic carbocycles. The monoisotopic (exact) mass is 420 g/mol. The van der Waals surface area contributed by atoms with Gasteiger partial charge in [-0.25, -0.2) is 0 Å². The summed E-state index contributed by atoms with van der Waals surface area (Å²) in [7, 11) is 0. The molecule has 1 spiro atoms. The molecule has 3 saturated heterocycles. The Hall–Kier alpha value is -0.790. The van der Waals surface area contributed by atoms with Gasteiger partial charge in [-0.15, -0.1) is 0 Å². The number of hydrogen-bond donors (Lipinski definition) is 2. The van der Waals surface area contributed by atoms with Crippen molar-refractivity contribution >= 4 is 21.7 Å². The number of benzene rings is 1. The van der Waals surface area contributed by atoms with E-state index in [0.717, 1.165) is 22.0 Å². The van der Waals surface area contributed by atoms with Crippen LogP contribution < -0.4 is 0 Å². The fourth-order valence-corrected chi connectivity index (χ4v) is 7.25. The number of carbonyl (C=O) groups excluding carboxylic acids is 1. The summed E-state index contributed by atoms with van der Waals surface area (Å²) in [5.41, 5.74) is 0.773. The van der Waals surface area contributed by atoms with Crippen molar-refractivity contribution < 1.29 is 24.5 Å². The molecule has 26 heavy (non-hydrogen) atoms. The van der Waals surface area contributed by atoms with Gasteiger partial charge in [0.15, 0.2) is 0 Å². The summed E-state index contributed by atoms with van der Waals surface area (Å²) in [6.45, 7) is 2.58. The Bertz CT molecular complexity index is 855. The van der Waals surface area contributed by atoms with Gasteiger partial charge < -0.3 is 19.7 Å². The Balaban J connectivity index is 1.66. The summed E-state index contributed by atoms with van der Waals surface area (Å²) in [6.07, 6.45) is -1.17. The maximum absolute atomic E-state index is 13.3. The number of carbonyl (C=O) groups is 1. The first-order chi connectivity index (χ1) is 12.4. The third-order valence-electron chi connectivity index (χ3n) is 7.69. The maximum atomic E-state index is 13.3. The highest BCUT2D eigenvalue weighted by Crippen LogP contribution is 2.67. The van der Waals surface area contributed by atoms with Crippen molar-refractivity contribution in [2.45, 2.75) is 62.1 Å². The minimum absolute atomic E-state index is 0.0194. The van der Waals surface area contributed by atoms with Crippen molar-refractivity contribution in [3.05, 3.63) is 33.3 Å². The van der Waals surface area contributed by atoms with Crippen LogP contribution in [0, 0.1) is 11.3 Å². The number of ketones is 1. The molecule has 2 N–H and O–H groups in total. The van der Waals surface area contributed by atoms with E-state index in [9.17, 15) is 15.0 Å². The highest BCUT2D eigenvalue weighted by molar-refractivity contribution is 9.10. The van der Waals surface area contributed by atoms with Crippen LogP contribution in [0.15, 0.2) is 16.6 Å². The molecule has 3 aliphatic heterocycles. The summed E-state index contributed by atoms with van der Waals surface area (Å²) >= 11 is 3.56. The van der Waals surface area contributed by atoms with Crippen LogP contribution in [0.1, 0.15) is 48.5 Å². The molecular weight excluding hydrogens is 400 g/mol. The van der Waals surface area contributed by atoms with Gasteiger partial charge in [-0.3, -0.25) is 4.79 Å². The van der Waals surface area contributed by atoms with E-state index in [1.54, 1.807) is 0 Å². The Morgan fingerprint density at radius 1 is 1.31 bits per heavy atom. The maximum Gasteiger partial charge on any atom is 0.150 e. The highest BCUT2D eigenvalue weighted by atomic mass is 79.9. The van der Waals surface area contributed by atoms with Gasteiger partial charge in [0.1, 0.15) is 22.9 Å². The molecule has 6 aliphatic rings. The van der Waals surface area contributed by atoms with Crippen molar-refractivity contribution in [1.29, 1.82) is 0 Å². The van der Waals surface area contributed by atoms with Gasteiger partial charge in [0.2, 0.25) is 0 Å². The van der Waals surface area contributed by atoms with Crippen LogP contribution in [0.5, 0.6) is 0 Å². The molecule has 0 amide bonds. The normalized spacial score (nSPS) is 50.5. The van der Waals surface area contributed by atoms with Crippen LogP contribution in [0.2, 0.25) is 0 Å². The van der Waals surface area contributed by atoms with E-state index >= 15 is 0 Å². The van der Waals surface area contributed by atoms with Crippen LogP contribution in [-0.2, 0) is 20.7 Å². The van der Waals surface area contributed by atoms with Crippen molar-refractivity contribution in [2.75, 3.05) is 6.61 Å². The molecule has 3 heterocycles. The molecule has 3 aliphatic carbocycles. The molecule has 138 valence electrons. The number of aliphatic hydroxyl groups excluding tert-OH is 1. The zero-order valence-corrected chi connectivity index (χ0v) is 16.0. The fourth-order valence-electron chi connectivity index (χ4n) is 6.73.